The fraction of sp³-hybridized carbons (Fsp3) is 0.111. The third kappa shape index (κ3) is 1.75. The van der Waals surface area contributed by atoms with E-state index in [4.69, 9.17) is 5.11 Å². The van der Waals surface area contributed by atoms with E-state index in [-0.39, 0.29) is 11.3 Å². The number of carboxylic acids is 1. The lowest BCUT2D eigenvalue weighted by atomic mass is 10.2. The SMILES string of the molecule is O=C(O)Cn1sc(=O)c2ccc(F)cc21. The molecule has 78 valence electrons. The zero-order chi connectivity index (χ0) is 11.0. The summed E-state index contributed by atoms with van der Waals surface area (Å²) >= 11 is 0.778. The number of hydrogen-bond acceptors (Lipinski definition) is 3. The molecule has 1 heterocycles. The maximum Gasteiger partial charge on any atom is 0.324 e. The Morgan fingerprint density at radius 2 is 2.27 bits per heavy atom. The Morgan fingerprint density at radius 3 is 2.93 bits per heavy atom. The first-order valence-corrected chi connectivity index (χ1v) is 4.86. The van der Waals surface area contributed by atoms with E-state index in [1.807, 2.05) is 0 Å². The zero-order valence-electron chi connectivity index (χ0n) is 7.44. The van der Waals surface area contributed by atoms with Gasteiger partial charge in [-0.25, -0.2) is 4.39 Å². The predicted octanol–water partition coefficient (Wildman–Crippen LogP) is 1.29. The van der Waals surface area contributed by atoms with Gasteiger partial charge in [0.2, 0.25) is 0 Å². The Morgan fingerprint density at radius 1 is 1.53 bits per heavy atom. The second-order valence-corrected chi connectivity index (χ2v) is 3.96. The highest BCUT2D eigenvalue weighted by Gasteiger charge is 2.10. The van der Waals surface area contributed by atoms with Gasteiger partial charge in [-0.3, -0.25) is 13.5 Å². The number of benzene rings is 1. The van der Waals surface area contributed by atoms with Crippen molar-refractivity contribution in [3.05, 3.63) is 33.6 Å². The zero-order valence-corrected chi connectivity index (χ0v) is 8.25. The molecule has 1 N–H and O–H groups in total. The molecule has 6 heteroatoms. The fourth-order valence-corrected chi connectivity index (χ4v) is 2.22. The summed E-state index contributed by atoms with van der Waals surface area (Å²) in [6, 6.07) is 3.71. The van der Waals surface area contributed by atoms with E-state index in [0.29, 0.717) is 10.9 Å². The van der Waals surface area contributed by atoms with Crippen molar-refractivity contribution in [3.8, 4) is 0 Å². The summed E-state index contributed by atoms with van der Waals surface area (Å²) in [4.78, 5) is 21.9. The molecule has 0 fully saturated rings. The molecule has 2 rings (SSSR count). The molecular weight excluding hydrogens is 221 g/mol. The van der Waals surface area contributed by atoms with Crippen molar-refractivity contribution < 1.29 is 14.3 Å². The Labute approximate surface area is 87.3 Å². The van der Waals surface area contributed by atoms with Crippen LogP contribution in [0.15, 0.2) is 23.0 Å². The van der Waals surface area contributed by atoms with Gasteiger partial charge in [0, 0.05) is 0 Å². The van der Waals surface area contributed by atoms with E-state index >= 15 is 0 Å². The van der Waals surface area contributed by atoms with Crippen LogP contribution >= 0.6 is 11.5 Å². The molecule has 1 aromatic carbocycles. The number of rotatable bonds is 2. The number of aromatic nitrogens is 1. The van der Waals surface area contributed by atoms with E-state index in [1.54, 1.807) is 0 Å². The normalized spacial score (nSPS) is 10.7. The maximum atomic E-state index is 12.9. The number of halogens is 1. The van der Waals surface area contributed by atoms with Crippen molar-refractivity contribution in [1.82, 2.24) is 3.96 Å². The molecule has 2 aromatic rings. The van der Waals surface area contributed by atoms with Crippen LogP contribution in [0, 0.1) is 5.82 Å². The summed E-state index contributed by atoms with van der Waals surface area (Å²) in [5.74, 6) is -1.55. The highest BCUT2D eigenvalue weighted by molar-refractivity contribution is 7.05. The van der Waals surface area contributed by atoms with Crippen LogP contribution in [0.25, 0.3) is 10.9 Å². The van der Waals surface area contributed by atoms with Gasteiger partial charge >= 0.3 is 5.97 Å². The van der Waals surface area contributed by atoms with Gasteiger partial charge in [-0.05, 0) is 29.7 Å². The molecule has 0 saturated heterocycles. The van der Waals surface area contributed by atoms with Crippen LogP contribution in [-0.2, 0) is 11.3 Å². The molecule has 1 aromatic heterocycles. The summed E-state index contributed by atoms with van der Waals surface area (Å²) < 4.78 is 13.9. The Balaban J connectivity index is 2.69. The second-order valence-electron chi connectivity index (χ2n) is 2.97. The van der Waals surface area contributed by atoms with Crippen LogP contribution in [0.5, 0.6) is 0 Å². The lowest BCUT2D eigenvalue weighted by Gasteiger charge is -1.98. The first kappa shape index (κ1) is 9.85. The largest absolute Gasteiger partial charge is 0.480 e. The Bertz CT molecular complexity index is 587. The van der Waals surface area contributed by atoms with Crippen LogP contribution < -0.4 is 4.74 Å². The first-order chi connectivity index (χ1) is 7.08. The number of carboxylic acid groups (broad SMARTS) is 1. The molecule has 0 aliphatic rings. The summed E-state index contributed by atoms with van der Waals surface area (Å²) in [7, 11) is 0. The molecule has 0 aliphatic heterocycles. The topological polar surface area (TPSA) is 59.3 Å². The van der Waals surface area contributed by atoms with Gasteiger partial charge < -0.3 is 5.11 Å². The van der Waals surface area contributed by atoms with E-state index < -0.39 is 11.8 Å². The highest BCUT2D eigenvalue weighted by atomic mass is 32.1. The number of hydrogen-bond donors (Lipinski definition) is 1. The van der Waals surface area contributed by atoms with E-state index in [2.05, 4.69) is 0 Å². The molecule has 0 radical (unpaired) electrons. The number of nitrogens with zero attached hydrogens (tertiary/aromatic N) is 1. The number of aliphatic carboxylic acids is 1. The summed E-state index contributed by atoms with van der Waals surface area (Å²) in [6.07, 6.45) is 0. The van der Waals surface area contributed by atoms with E-state index in [1.165, 1.54) is 16.1 Å². The maximum absolute atomic E-state index is 12.9. The molecule has 0 spiro atoms. The summed E-state index contributed by atoms with van der Waals surface area (Å²) in [5, 5.41) is 8.94. The van der Waals surface area contributed by atoms with E-state index in [9.17, 15) is 14.0 Å². The molecule has 4 nitrogen and oxygen atoms in total. The van der Waals surface area contributed by atoms with E-state index in [0.717, 1.165) is 17.6 Å². The molecule has 15 heavy (non-hydrogen) atoms. The van der Waals surface area contributed by atoms with Crippen molar-refractivity contribution in [1.29, 1.82) is 0 Å². The lowest BCUT2D eigenvalue weighted by Crippen LogP contribution is -2.06. The Kier molecular flexibility index (Phi) is 2.28. The van der Waals surface area contributed by atoms with Gasteiger partial charge in [0.25, 0.3) is 4.74 Å². The van der Waals surface area contributed by atoms with Crippen molar-refractivity contribution in [3.63, 3.8) is 0 Å². The second kappa shape index (κ2) is 3.47. The van der Waals surface area contributed by atoms with Crippen LogP contribution in [0.2, 0.25) is 0 Å². The molecule has 0 atom stereocenters. The average Bonchev–Trinajstić information content (AvgIpc) is 2.42. The van der Waals surface area contributed by atoms with Crippen LogP contribution in [-0.4, -0.2) is 15.0 Å². The predicted molar refractivity (Wildman–Crippen MR) is 53.7 cm³/mol. The van der Waals surface area contributed by atoms with Crippen molar-refractivity contribution in [2.75, 3.05) is 0 Å². The standard InChI is InChI=1S/C9H6FNO3S/c10-5-1-2-6-7(3-5)11(4-8(12)13)15-9(6)14/h1-3H,4H2,(H,12,13). The minimum absolute atomic E-state index is 0.258. The van der Waals surface area contributed by atoms with Gasteiger partial charge in [0.05, 0.1) is 10.9 Å². The first-order valence-electron chi connectivity index (χ1n) is 4.09. The molecule has 0 bridgehead atoms. The van der Waals surface area contributed by atoms with Gasteiger partial charge in [-0.15, -0.1) is 0 Å². The van der Waals surface area contributed by atoms with Gasteiger partial charge in [-0.2, -0.15) is 0 Å². The Hall–Kier alpha value is -1.69. The molecular formula is C9H6FNO3S. The third-order valence-electron chi connectivity index (χ3n) is 1.92. The number of carbonyl (C=O) groups is 1. The molecule has 0 amide bonds. The van der Waals surface area contributed by atoms with Crippen LogP contribution in [0.4, 0.5) is 4.39 Å². The molecule has 0 unspecified atom stereocenters. The lowest BCUT2D eigenvalue weighted by molar-refractivity contribution is -0.137. The summed E-state index contributed by atoms with van der Waals surface area (Å²) in [6.45, 7) is -0.327. The van der Waals surface area contributed by atoms with Gasteiger partial charge in [0.15, 0.2) is 0 Å². The highest BCUT2D eigenvalue weighted by Crippen LogP contribution is 2.15. The summed E-state index contributed by atoms with van der Waals surface area (Å²) in [5.41, 5.74) is 0.326. The number of fused-ring (bicyclic) bond motifs is 1. The molecule has 0 aliphatic carbocycles. The van der Waals surface area contributed by atoms with Gasteiger partial charge in [0.1, 0.15) is 12.4 Å². The minimum atomic E-state index is -1.06. The van der Waals surface area contributed by atoms with Gasteiger partial charge in [-0.1, -0.05) is 0 Å². The quantitative estimate of drug-likeness (QED) is 0.840. The fourth-order valence-electron chi connectivity index (χ4n) is 1.32. The monoisotopic (exact) mass is 227 g/mol. The van der Waals surface area contributed by atoms with Crippen molar-refractivity contribution >= 4 is 28.4 Å². The smallest absolute Gasteiger partial charge is 0.324 e. The van der Waals surface area contributed by atoms with Crippen molar-refractivity contribution in [2.45, 2.75) is 6.54 Å². The minimum Gasteiger partial charge on any atom is -0.480 e. The van der Waals surface area contributed by atoms with Crippen LogP contribution in [0.1, 0.15) is 0 Å². The van der Waals surface area contributed by atoms with Crippen molar-refractivity contribution in [2.24, 2.45) is 0 Å². The third-order valence-corrected chi connectivity index (χ3v) is 2.85. The average molecular weight is 227 g/mol. The van der Waals surface area contributed by atoms with Crippen LogP contribution in [0.3, 0.4) is 0 Å². The molecule has 0 saturated carbocycles.